The van der Waals surface area contributed by atoms with Crippen LogP contribution in [0.5, 0.6) is 11.6 Å². The molecule has 0 fully saturated rings. The summed E-state index contributed by atoms with van der Waals surface area (Å²) in [6.07, 6.45) is 2.92. The second kappa shape index (κ2) is 8.27. The Bertz CT molecular complexity index is 1090. The molecule has 0 saturated heterocycles. The van der Waals surface area contributed by atoms with Crippen LogP contribution in [0, 0.1) is 18.3 Å². The minimum Gasteiger partial charge on any atom is -0.494 e. The summed E-state index contributed by atoms with van der Waals surface area (Å²) in [6, 6.07) is 12.4. The van der Waals surface area contributed by atoms with Gasteiger partial charge in [0, 0.05) is 6.21 Å². The standard InChI is InChI=1S/C21H19N3O4/c1-3-27-16-8-6-15(7-9-16)23-12-19-14(2)18(11-22)20(25)24(21(19)26)13-17-5-4-10-28-17/h4-10,12,26H,3,13H2,1-2H3. The number of aromatic nitrogens is 1. The van der Waals surface area contributed by atoms with Gasteiger partial charge in [0.05, 0.1) is 30.7 Å². The Morgan fingerprint density at radius 3 is 2.68 bits per heavy atom. The van der Waals surface area contributed by atoms with Gasteiger partial charge in [0.15, 0.2) is 0 Å². The quantitative estimate of drug-likeness (QED) is 0.662. The number of aliphatic imine (C=N–C) groups is 1. The van der Waals surface area contributed by atoms with Crippen LogP contribution in [-0.4, -0.2) is 22.5 Å². The maximum Gasteiger partial charge on any atom is 0.271 e. The zero-order valence-electron chi connectivity index (χ0n) is 15.5. The molecule has 1 N–H and O–H groups in total. The van der Waals surface area contributed by atoms with E-state index in [0.717, 1.165) is 10.3 Å². The summed E-state index contributed by atoms with van der Waals surface area (Å²) in [6.45, 7) is 4.10. The molecule has 0 aliphatic rings. The Balaban J connectivity index is 2.02. The molecule has 2 heterocycles. The van der Waals surface area contributed by atoms with Gasteiger partial charge in [0.1, 0.15) is 23.1 Å². The van der Waals surface area contributed by atoms with Crippen LogP contribution in [0.25, 0.3) is 0 Å². The van der Waals surface area contributed by atoms with Crippen LogP contribution in [0.3, 0.4) is 0 Å². The first-order valence-electron chi connectivity index (χ1n) is 8.71. The number of rotatable bonds is 6. The number of hydrogen-bond acceptors (Lipinski definition) is 6. The van der Waals surface area contributed by atoms with Gasteiger partial charge in [-0.3, -0.25) is 14.4 Å². The van der Waals surface area contributed by atoms with Gasteiger partial charge >= 0.3 is 0 Å². The minimum atomic E-state index is -0.577. The number of ether oxygens (including phenoxy) is 1. The van der Waals surface area contributed by atoms with E-state index < -0.39 is 5.56 Å². The van der Waals surface area contributed by atoms with Gasteiger partial charge in [-0.1, -0.05) is 0 Å². The highest BCUT2D eigenvalue weighted by Gasteiger charge is 2.18. The SMILES string of the molecule is CCOc1ccc(N=Cc2c(C)c(C#N)c(=O)n(Cc3ccco3)c2O)cc1. The van der Waals surface area contributed by atoms with E-state index in [9.17, 15) is 15.2 Å². The van der Waals surface area contributed by atoms with Crippen molar-refractivity contribution < 1.29 is 14.3 Å². The molecule has 0 bridgehead atoms. The molecule has 7 heteroatoms. The Morgan fingerprint density at radius 1 is 1.32 bits per heavy atom. The van der Waals surface area contributed by atoms with Gasteiger partial charge in [0.25, 0.3) is 5.56 Å². The second-order valence-electron chi connectivity index (χ2n) is 6.00. The number of hydrogen-bond donors (Lipinski definition) is 1. The average molecular weight is 377 g/mol. The van der Waals surface area contributed by atoms with E-state index in [-0.39, 0.29) is 18.0 Å². The number of aromatic hydroxyl groups is 1. The fourth-order valence-electron chi connectivity index (χ4n) is 2.76. The van der Waals surface area contributed by atoms with Crippen molar-refractivity contribution in [2.45, 2.75) is 20.4 Å². The number of nitrogens with zero attached hydrogens (tertiary/aromatic N) is 3. The first kappa shape index (κ1) is 19.0. The molecule has 0 atom stereocenters. The molecule has 0 unspecified atom stereocenters. The number of benzene rings is 1. The average Bonchev–Trinajstić information content (AvgIpc) is 3.20. The van der Waals surface area contributed by atoms with Crippen LogP contribution in [-0.2, 0) is 6.54 Å². The van der Waals surface area contributed by atoms with E-state index in [0.29, 0.717) is 29.2 Å². The summed E-state index contributed by atoms with van der Waals surface area (Å²) in [5.41, 5.74) is 0.695. The predicted octanol–water partition coefficient (Wildman–Crippen LogP) is 3.52. The molecule has 0 saturated carbocycles. The van der Waals surface area contributed by atoms with Gasteiger partial charge in [-0.15, -0.1) is 0 Å². The third kappa shape index (κ3) is 3.81. The van der Waals surface area contributed by atoms with E-state index in [4.69, 9.17) is 9.15 Å². The molecule has 0 spiro atoms. The zero-order valence-corrected chi connectivity index (χ0v) is 15.5. The van der Waals surface area contributed by atoms with Crippen LogP contribution in [0.2, 0.25) is 0 Å². The zero-order chi connectivity index (χ0) is 20.1. The highest BCUT2D eigenvalue weighted by molar-refractivity contribution is 5.87. The summed E-state index contributed by atoms with van der Waals surface area (Å²) in [4.78, 5) is 16.9. The summed E-state index contributed by atoms with van der Waals surface area (Å²) < 4.78 is 11.7. The van der Waals surface area contributed by atoms with Crippen molar-refractivity contribution in [2.75, 3.05) is 6.61 Å². The largest absolute Gasteiger partial charge is 0.494 e. The van der Waals surface area contributed by atoms with Crippen LogP contribution < -0.4 is 10.3 Å². The molecule has 7 nitrogen and oxygen atoms in total. The third-order valence-electron chi connectivity index (χ3n) is 4.23. The van der Waals surface area contributed by atoms with Crippen molar-refractivity contribution >= 4 is 11.9 Å². The van der Waals surface area contributed by atoms with E-state index in [1.165, 1.54) is 12.5 Å². The van der Waals surface area contributed by atoms with E-state index in [2.05, 4.69) is 4.99 Å². The van der Waals surface area contributed by atoms with Crippen molar-refractivity contribution in [1.29, 1.82) is 5.26 Å². The van der Waals surface area contributed by atoms with Crippen molar-refractivity contribution in [3.63, 3.8) is 0 Å². The highest BCUT2D eigenvalue weighted by atomic mass is 16.5. The maximum atomic E-state index is 12.6. The van der Waals surface area contributed by atoms with Gasteiger partial charge in [-0.25, -0.2) is 0 Å². The molecule has 0 radical (unpaired) electrons. The minimum absolute atomic E-state index is 0.0104. The molecule has 28 heavy (non-hydrogen) atoms. The topological polar surface area (TPSA) is 101 Å². The number of furan rings is 1. The molecule has 1 aromatic carbocycles. The van der Waals surface area contributed by atoms with Crippen LogP contribution in [0.4, 0.5) is 5.69 Å². The van der Waals surface area contributed by atoms with Crippen molar-refractivity contribution in [1.82, 2.24) is 4.57 Å². The lowest BCUT2D eigenvalue weighted by molar-refractivity contribution is 0.340. The first-order chi connectivity index (χ1) is 13.5. The van der Waals surface area contributed by atoms with Crippen LogP contribution >= 0.6 is 0 Å². The lowest BCUT2D eigenvalue weighted by Gasteiger charge is -2.13. The molecule has 0 amide bonds. The van der Waals surface area contributed by atoms with Gasteiger partial charge in [-0.05, 0) is 55.8 Å². The fourth-order valence-corrected chi connectivity index (χ4v) is 2.76. The Labute approximate surface area is 161 Å². The molecule has 3 rings (SSSR count). The summed E-state index contributed by atoms with van der Waals surface area (Å²) >= 11 is 0. The lowest BCUT2D eigenvalue weighted by Crippen LogP contribution is -2.25. The molecular weight excluding hydrogens is 358 g/mol. The normalized spacial score (nSPS) is 10.9. The second-order valence-corrected chi connectivity index (χ2v) is 6.00. The fraction of sp³-hybridized carbons (Fsp3) is 0.190. The summed E-state index contributed by atoms with van der Waals surface area (Å²) in [7, 11) is 0. The first-order valence-corrected chi connectivity index (χ1v) is 8.71. The van der Waals surface area contributed by atoms with E-state index in [1.807, 2.05) is 13.0 Å². The van der Waals surface area contributed by atoms with Crippen LogP contribution in [0.15, 0.2) is 56.9 Å². The van der Waals surface area contributed by atoms with E-state index in [1.54, 1.807) is 43.3 Å². The van der Waals surface area contributed by atoms with Crippen molar-refractivity contribution in [3.8, 4) is 17.7 Å². The highest BCUT2D eigenvalue weighted by Crippen LogP contribution is 2.23. The molecule has 0 aliphatic heterocycles. The Kier molecular flexibility index (Phi) is 5.61. The maximum absolute atomic E-state index is 12.6. The summed E-state index contributed by atoms with van der Waals surface area (Å²) in [5, 5.41) is 20.1. The smallest absolute Gasteiger partial charge is 0.271 e. The molecule has 2 aromatic heterocycles. The van der Waals surface area contributed by atoms with Gasteiger partial charge in [-0.2, -0.15) is 5.26 Å². The molecule has 3 aromatic rings. The van der Waals surface area contributed by atoms with E-state index >= 15 is 0 Å². The van der Waals surface area contributed by atoms with Crippen LogP contribution in [0.1, 0.15) is 29.4 Å². The number of nitriles is 1. The molecule has 0 aliphatic carbocycles. The predicted molar refractivity (Wildman–Crippen MR) is 104 cm³/mol. The third-order valence-corrected chi connectivity index (χ3v) is 4.23. The lowest BCUT2D eigenvalue weighted by atomic mass is 10.1. The molecular formula is C21H19N3O4. The Hall–Kier alpha value is -3.79. The van der Waals surface area contributed by atoms with Gasteiger partial charge in [0.2, 0.25) is 5.88 Å². The summed E-state index contributed by atoms with van der Waals surface area (Å²) in [5.74, 6) is 0.950. The van der Waals surface area contributed by atoms with Crippen molar-refractivity contribution in [2.24, 2.45) is 4.99 Å². The number of pyridine rings is 1. The Morgan fingerprint density at radius 2 is 2.07 bits per heavy atom. The monoisotopic (exact) mass is 377 g/mol. The molecule has 142 valence electrons. The van der Waals surface area contributed by atoms with Gasteiger partial charge < -0.3 is 14.3 Å². The van der Waals surface area contributed by atoms with Crippen molar-refractivity contribution in [3.05, 3.63) is 75.5 Å².